The highest BCUT2D eigenvalue weighted by atomic mass is 35.5. The van der Waals surface area contributed by atoms with Gasteiger partial charge < -0.3 is 33.8 Å². The molecule has 6 atom stereocenters. The monoisotopic (exact) mass is 621 g/mol. The molecule has 0 aliphatic carbocycles. The van der Waals surface area contributed by atoms with Crippen LogP contribution >= 0.6 is 11.6 Å². The fourth-order valence-electron chi connectivity index (χ4n) is 5.67. The van der Waals surface area contributed by atoms with Gasteiger partial charge in [0.15, 0.2) is 0 Å². The minimum atomic E-state index is -1.19. The first-order chi connectivity index (χ1) is 20.5. The molecule has 14 heteroatoms. The molecule has 43 heavy (non-hydrogen) atoms. The average Bonchev–Trinajstić information content (AvgIpc) is 3.64. The van der Waals surface area contributed by atoms with Gasteiger partial charge in [0.1, 0.15) is 47.2 Å². The molecule has 12 nitrogen and oxygen atoms in total. The molecule has 0 saturated carbocycles. The quantitative estimate of drug-likeness (QED) is 0.400. The summed E-state index contributed by atoms with van der Waals surface area (Å²) in [5.74, 6) is -0.0818. The lowest BCUT2D eigenvalue weighted by molar-refractivity contribution is -0.212. The maximum atomic E-state index is 14.1. The summed E-state index contributed by atoms with van der Waals surface area (Å²) in [6.07, 6.45) is -0.385. The molecule has 3 aromatic rings. The molecule has 2 fully saturated rings. The summed E-state index contributed by atoms with van der Waals surface area (Å²) in [6.45, 7) is 6.15. The predicted molar refractivity (Wildman–Crippen MR) is 152 cm³/mol. The molecule has 2 aliphatic heterocycles. The zero-order valence-corrected chi connectivity index (χ0v) is 25.3. The number of ether oxygens (including phenoxy) is 3. The second kappa shape index (κ2) is 12.9. The Morgan fingerprint density at radius 2 is 2.05 bits per heavy atom. The molecule has 5 rings (SSSR count). The Bertz CT molecular complexity index is 1410. The normalized spacial score (nSPS) is 26.5. The average molecular weight is 622 g/mol. The lowest BCUT2D eigenvalue weighted by Crippen LogP contribution is -2.57. The number of piperidine rings is 1. The van der Waals surface area contributed by atoms with Crippen LogP contribution in [0.3, 0.4) is 0 Å². The Hall–Kier alpha value is -3.10. The molecule has 2 N–H and O–H groups in total. The summed E-state index contributed by atoms with van der Waals surface area (Å²) < 4.78 is 38.6. The Kier molecular flexibility index (Phi) is 9.37. The van der Waals surface area contributed by atoms with Crippen LogP contribution in [0.2, 0.25) is 5.02 Å². The number of carbonyl (C=O) groups is 1. The molecule has 0 bridgehead atoms. The third kappa shape index (κ3) is 7.01. The van der Waals surface area contributed by atoms with Crippen LogP contribution in [0.15, 0.2) is 35.0 Å². The topological polar surface area (TPSA) is 145 Å². The lowest BCUT2D eigenvalue weighted by atomic mass is 9.90. The van der Waals surface area contributed by atoms with Gasteiger partial charge in [-0.25, -0.2) is 13.9 Å². The van der Waals surface area contributed by atoms with Crippen LogP contribution in [0.4, 0.5) is 9.18 Å². The van der Waals surface area contributed by atoms with E-state index in [9.17, 15) is 19.4 Å². The number of halogens is 2. The smallest absolute Gasteiger partial charge is 0.410 e. The van der Waals surface area contributed by atoms with Gasteiger partial charge in [0.25, 0.3) is 0 Å². The molecular weight excluding hydrogens is 585 g/mol. The lowest BCUT2D eigenvalue weighted by Gasteiger charge is -2.43. The number of aromatic nitrogens is 4. The predicted octanol–water partition coefficient (Wildman–Crippen LogP) is 3.76. The number of carbonyl (C=O) groups excluding carboxylic acids is 1. The van der Waals surface area contributed by atoms with Gasteiger partial charge in [0, 0.05) is 44.2 Å². The van der Waals surface area contributed by atoms with E-state index in [4.69, 9.17) is 30.3 Å². The minimum Gasteiger partial charge on any atom is -0.444 e. The third-order valence-corrected chi connectivity index (χ3v) is 8.04. The van der Waals surface area contributed by atoms with Gasteiger partial charge in [-0.2, -0.15) is 0 Å². The summed E-state index contributed by atoms with van der Waals surface area (Å²) in [4.78, 5) is 14.3. The number of benzene rings is 1. The third-order valence-electron chi connectivity index (χ3n) is 7.74. The van der Waals surface area contributed by atoms with E-state index < -0.39 is 48.5 Å². The van der Waals surface area contributed by atoms with Gasteiger partial charge in [-0.05, 0) is 45.7 Å². The highest BCUT2D eigenvalue weighted by molar-refractivity contribution is 6.30. The van der Waals surface area contributed by atoms with Crippen LogP contribution in [0.1, 0.15) is 57.0 Å². The summed E-state index contributed by atoms with van der Waals surface area (Å²) in [6, 6.07) is 5.36. The highest BCUT2D eigenvalue weighted by Crippen LogP contribution is 2.35. The number of rotatable bonds is 7. The number of hydrogen-bond donors (Lipinski definition) is 2. The highest BCUT2D eigenvalue weighted by Gasteiger charge is 2.47. The van der Waals surface area contributed by atoms with Gasteiger partial charge in [-0.15, -0.1) is 5.10 Å². The van der Waals surface area contributed by atoms with Crippen LogP contribution in [0.25, 0.3) is 11.3 Å². The first-order valence-electron chi connectivity index (χ1n) is 14.2. The first kappa shape index (κ1) is 31.3. The van der Waals surface area contributed by atoms with Crippen molar-refractivity contribution in [2.45, 2.75) is 82.0 Å². The Morgan fingerprint density at radius 3 is 2.74 bits per heavy atom. The summed E-state index contributed by atoms with van der Waals surface area (Å²) >= 11 is 5.82. The van der Waals surface area contributed by atoms with Crippen LogP contribution in [-0.2, 0) is 20.6 Å². The maximum absolute atomic E-state index is 14.1. The molecule has 4 heterocycles. The van der Waals surface area contributed by atoms with Gasteiger partial charge >= 0.3 is 6.09 Å². The molecule has 1 aromatic carbocycles. The number of hydrogen-bond acceptors (Lipinski definition) is 10. The number of methoxy groups -OCH3 is 1. The fraction of sp³-hybridized carbons (Fsp3) is 0.586. The van der Waals surface area contributed by atoms with Crippen molar-refractivity contribution in [1.29, 1.82) is 0 Å². The van der Waals surface area contributed by atoms with E-state index in [2.05, 4.69) is 15.5 Å². The second-order valence-electron chi connectivity index (χ2n) is 12.0. The molecule has 1 unspecified atom stereocenters. The van der Waals surface area contributed by atoms with Crippen LogP contribution in [0, 0.1) is 5.82 Å². The van der Waals surface area contributed by atoms with E-state index >= 15 is 0 Å². The van der Waals surface area contributed by atoms with E-state index in [1.54, 1.807) is 17.2 Å². The van der Waals surface area contributed by atoms with E-state index in [0.29, 0.717) is 30.1 Å². The van der Waals surface area contributed by atoms with Gasteiger partial charge in [-0.1, -0.05) is 28.0 Å². The number of aliphatic hydroxyl groups is 2. The van der Waals surface area contributed by atoms with E-state index in [0.717, 1.165) is 18.5 Å². The number of aliphatic hydroxyl groups excluding tert-OH is 2. The number of nitrogens with zero attached hydrogens (tertiary/aromatic N) is 5. The van der Waals surface area contributed by atoms with Crippen LogP contribution in [-0.4, -0.2) is 98.2 Å². The van der Waals surface area contributed by atoms with Crippen molar-refractivity contribution in [2.24, 2.45) is 0 Å². The zero-order chi connectivity index (χ0) is 30.9. The van der Waals surface area contributed by atoms with Crippen molar-refractivity contribution in [3.05, 3.63) is 52.8 Å². The number of likely N-dealkylation sites (tertiary alicyclic amines) is 1. The van der Waals surface area contributed by atoms with Crippen molar-refractivity contribution < 1.29 is 38.1 Å². The maximum Gasteiger partial charge on any atom is 0.410 e. The summed E-state index contributed by atoms with van der Waals surface area (Å²) in [5, 5.41) is 33.8. The van der Waals surface area contributed by atoms with Gasteiger partial charge in [0.05, 0.1) is 29.6 Å². The van der Waals surface area contributed by atoms with Crippen molar-refractivity contribution in [3.8, 4) is 11.3 Å². The Labute approximate surface area is 253 Å². The fourth-order valence-corrected chi connectivity index (χ4v) is 5.78. The van der Waals surface area contributed by atoms with Crippen LogP contribution < -0.4 is 0 Å². The van der Waals surface area contributed by atoms with Crippen molar-refractivity contribution >= 4 is 17.7 Å². The molecule has 2 aromatic heterocycles. The largest absolute Gasteiger partial charge is 0.444 e. The molecule has 234 valence electrons. The minimum absolute atomic E-state index is 0.0107. The molecular formula is C29H37ClFN5O7. The number of amides is 1. The molecule has 0 spiro atoms. The van der Waals surface area contributed by atoms with Crippen LogP contribution in [0.5, 0.6) is 0 Å². The molecule has 2 saturated heterocycles. The standard InChI is InChI=1S/C29H37ClFN5O7/c1-29(2,3)42-28(39)35-9-5-6-17(13-35)21-11-18(43-33-21)12-23-27(40-4)25(26(38)24(15-37)41-23)36-14-22(32-34-36)16-7-8-19(30)20(31)10-16/h7-8,10-11,14,17,23-27,37-38H,5-6,9,12-13,15H2,1-4H3/t17?,23-,24-,25+,26+,27+/m1/s1. The first-order valence-corrected chi connectivity index (χ1v) is 14.6. The SMILES string of the molecule is CO[C@@H]1[C@@H](n2cc(-c3ccc(Cl)c(F)c3)nn2)[C@@H](O)[C@@H](CO)O[C@@H]1Cc1cc(C2CCCN(C(=O)OC(C)(C)C)C2)no1. The summed E-state index contributed by atoms with van der Waals surface area (Å²) in [7, 11) is 1.49. The Morgan fingerprint density at radius 1 is 1.26 bits per heavy atom. The Balaban J connectivity index is 1.32. The zero-order valence-electron chi connectivity index (χ0n) is 24.5. The van der Waals surface area contributed by atoms with E-state index in [1.807, 2.05) is 26.8 Å². The molecule has 0 radical (unpaired) electrons. The molecule has 1 amide bonds. The van der Waals surface area contributed by atoms with Gasteiger partial charge in [-0.3, -0.25) is 0 Å². The van der Waals surface area contributed by atoms with E-state index in [-0.39, 0.29) is 23.5 Å². The van der Waals surface area contributed by atoms with Gasteiger partial charge in [0.2, 0.25) is 0 Å². The van der Waals surface area contributed by atoms with Crippen molar-refractivity contribution in [2.75, 3.05) is 26.8 Å². The van der Waals surface area contributed by atoms with Crippen molar-refractivity contribution in [3.63, 3.8) is 0 Å². The molecule has 2 aliphatic rings. The van der Waals surface area contributed by atoms with Crippen molar-refractivity contribution in [1.82, 2.24) is 25.1 Å². The van der Waals surface area contributed by atoms with E-state index in [1.165, 1.54) is 23.9 Å². The second-order valence-corrected chi connectivity index (χ2v) is 12.4. The summed E-state index contributed by atoms with van der Waals surface area (Å²) in [5.41, 5.74) is 0.970.